The zero-order valence-corrected chi connectivity index (χ0v) is 11.3. The summed E-state index contributed by atoms with van der Waals surface area (Å²) in [5, 5.41) is 3.14. The van der Waals surface area contributed by atoms with E-state index >= 15 is 0 Å². The highest BCUT2D eigenvalue weighted by atomic mass is 16.5. The van der Waals surface area contributed by atoms with Crippen molar-refractivity contribution in [3.8, 4) is 11.5 Å². The molecule has 3 nitrogen and oxygen atoms in total. The summed E-state index contributed by atoms with van der Waals surface area (Å²) in [6.45, 7) is 1.32. The highest BCUT2D eigenvalue weighted by molar-refractivity contribution is 5.40. The molecule has 0 bridgehead atoms. The second-order valence-corrected chi connectivity index (χ2v) is 4.28. The second-order valence-electron chi connectivity index (χ2n) is 4.28. The highest BCUT2D eigenvalue weighted by Crippen LogP contribution is 2.24. The van der Waals surface area contributed by atoms with Crippen molar-refractivity contribution >= 4 is 0 Å². The Bertz CT molecular complexity index is 511. The molecule has 0 radical (unpaired) electrons. The maximum absolute atomic E-state index is 5.88. The van der Waals surface area contributed by atoms with Crippen molar-refractivity contribution in [1.82, 2.24) is 5.32 Å². The lowest BCUT2D eigenvalue weighted by Crippen LogP contribution is -2.08. The fourth-order valence-electron chi connectivity index (χ4n) is 1.89. The van der Waals surface area contributed by atoms with E-state index in [0.29, 0.717) is 6.61 Å². The van der Waals surface area contributed by atoms with Gasteiger partial charge in [0.15, 0.2) is 0 Å². The summed E-state index contributed by atoms with van der Waals surface area (Å²) in [5.41, 5.74) is 2.26. The molecule has 0 aliphatic heterocycles. The molecule has 0 saturated carbocycles. The van der Waals surface area contributed by atoms with Gasteiger partial charge in [0.25, 0.3) is 0 Å². The summed E-state index contributed by atoms with van der Waals surface area (Å²) in [5.74, 6) is 1.73. The van der Waals surface area contributed by atoms with E-state index in [2.05, 4.69) is 17.4 Å². The number of nitrogens with one attached hydrogen (secondary N) is 1. The maximum atomic E-state index is 5.88. The summed E-state index contributed by atoms with van der Waals surface area (Å²) in [4.78, 5) is 0. The molecule has 0 fully saturated rings. The summed E-state index contributed by atoms with van der Waals surface area (Å²) in [6.07, 6.45) is 0. The SMILES string of the molecule is CNCc1cc(OC)ccc1OCc1ccccc1. The van der Waals surface area contributed by atoms with Crippen LogP contribution in [0.2, 0.25) is 0 Å². The predicted molar refractivity (Wildman–Crippen MR) is 76.5 cm³/mol. The van der Waals surface area contributed by atoms with Gasteiger partial charge in [-0.25, -0.2) is 0 Å². The number of hydrogen-bond donors (Lipinski definition) is 1. The summed E-state index contributed by atoms with van der Waals surface area (Å²) in [7, 11) is 3.59. The first-order chi connectivity index (χ1) is 9.33. The molecule has 0 aromatic heterocycles. The van der Waals surface area contributed by atoms with Crippen LogP contribution in [0.3, 0.4) is 0 Å². The second kappa shape index (κ2) is 6.81. The summed E-state index contributed by atoms with van der Waals surface area (Å²) >= 11 is 0. The van der Waals surface area contributed by atoms with Crippen LogP contribution in [0.15, 0.2) is 48.5 Å². The molecule has 2 aromatic carbocycles. The molecule has 0 aliphatic carbocycles. The molecule has 0 saturated heterocycles. The van der Waals surface area contributed by atoms with Crippen molar-refractivity contribution in [2.24, 2.45) is 0 Å². The molecule has 1 N–H and O–H groups in total. The zero-order valence-electron chi connectivity index (χ0n) is 11.3. The molecule has 0 amide bonds. The molecule has 19 heavy (non-hydrogen) atoms. The van der Waals surface area contributed by atoms with Gasteiger partial charge in [-0.2, -0.15) is 0 Å². The Balaban J connectivity index is 2.10. The van der Waals surface area contributed by atoms with E-state index in [1.807, 2.05) is 43.4 Å². The van der Waals surface area contributed by atoms with Gasteiger partial charge in [0.05, 0.1) is 7.11 Å². The smallest absolute Gasteiger partial charge is 0.124 e. The molecule has 0 aliphatic rings. The van der Waals surface area contributed by atoms with Gasteiger partial charge in [0, 0.05) is 12.1 Å². The van der Waals surface area contributed by atoms with E-state index in [-0.39, 0.29) is 0 Å². The number of rotatable bonds is 6. The van der Waals surface area contributed by atoms with Gasteiger partial charge in [-0.1, -0.05) is 30.3 Å². The van der Waals surface area contributed by atoms with Crippen molar-refractivity contribution < 1.29 is 9.47 Å². The maximum Gasteiger partial charge on any atom is 0.124 e. The Hall–Kier alpha value is -2.00. The monoisotopic (exact) mass is 257 g/mol. The Kier molecular flexibility index (Phi) is 4.81. The molecule has 2 aromatic rings. The topological polar surface area (TPSA) is 30.5 Å². The van der Waals surface area contributed by atoms with Crippen LogP contribution in [-0.2, 0) is 13.2 Å². The molecular formula is C16H19NO2. The molecule has 0 atom stereocenters. The fourth-order valence-corrected chi connectivity index (χ4v) is 1.89. The minimum atomic E-state index is 0.573. The van der Waals surface area contributed by atoms with Crippen LogP contribution < -0.4 is 14.8 Å². The van der Waals surface area contributed by atoms with Crippen molar-refractivity contribution in [3.05, 3.63) is 59.7 Å². The first kappa shape index (κ1) is 13.4. The van der Waals surface area contributed by atoms with Gasteiger partial charge in [-0.05, 0) is 30.8 Å². The minimum absolute atomic E-state index is 0.573. The summed E-state index contributed by atoms with van der Waals surface area (Å²) in [6, 6.07) is 16.0. The minimum Gasteiger partial charge on any atom is -0.497 e. The molecule has 0 unspecified atom stereocenters. The van der Waals surface area contributed by atoms with Crippen molar-refractivity contribution in [2.75, 3.05) is 14.2 Å². The lowest BCUT2D eigenvalue weighted by atomic mass is 10.2. The first-order valence-electron chi connectivity index (χ1n) is 6.31. The molecule has 3 heteroatoms. The average molecular weight is 257 g/mol. The molecule has 0 heterocycles. The largest absolute Gasteiger partial charge is 0.497 e. The lowest BCUT2D eigenvalue weighted by Gasteiger charge is -2.13. The van der Waals surface area contributed by atoms with Gasteiger partial charge in [0.1, 0.15) is 18.1 Å². The third-order valence-electron chi connectivity index (χ3n) is 2.87. The van der Waals surface area contributed by atoms with Crippen LogP contribution in [0.4, 0.5) is 0 Å². The van der Waals surface area contributed by atoms with Crippen LogP contribution in [-0.4, -0.2) is 14.2 Å². The van der Waals surface area contributed by atoms with Gasteiger partial charge in [0.2, 0.25) is 0 Å². The highest BCUT2D eigenvalue weighted by Gasteiger charge is 2.05. The summed E-state index contributed by atoms with van der Waals surface area (Å²) < 4.78 is 11.1. The Morgan fingerprint density at radius 1 is 1.05 bits per heavy atom. The standard InChI is InChI=1S/C16H19NO2/c1-17-11-14-10-15(18-2)8-9-16(14)19-12-13-6-4-3-5-7-13/h3-10,17H,11-12H2,1-2H3. The Morgan fingerprint density at radius 3 is 2.53 bits per heavy atom. The zero-order chi connectivity index (χ0) is 13.5. The van der Waals surface area contributed by atoms with Gasteiger partial charge >= 0.3 is 0 Å². The van der Waals surface area contributed by atoms with Crippen LogP contribution in [0.5, 0.6) is 11.5 Å². The molecule has 100 valence electrons. The molecule has 2 rings (SSSR count). The van der Waals surface area contributed by atoms with E-state index in [1.165, 1.54) is 0 Å². The van der Waals surface area contributed by atoms with Gasteiger partial charge in [-0.3, -0.25) is 0 Å². The van der Waals surface area contributed by atoms with E-state index in [1.54, 1.807) is 7.11 Å². The van der Waals surface area contributed by atoms with E-state index in [4.69, 9.17) is 9.47 Å². The van der Waals surface area contributed by atoms with Crippen LogP contribution >= 0.6 is 0 Å². The number of benzene rings is 2. The Morgan fingerprint density at radius 2 is 1.84 bits per heavy atom. The van der Waals surface area contributed by atoms with Crippen LogP contribution in [0.1, 0.15) is 11.1 Å². The molecule has 0 spiro atoms. The molecular weight excluding hydrogens is 238 g/mol. The van der Waals surface area contributed by atoms with Crippen molar-refractivity contribution in [1.29, 1.82) is 0 Å². The van der Waals surface area contributed by atoms with Gasteiger partial charge in [-0.15, -0.1) is 0 Å². The third-order valence-corrected chi connectivity index (χ3v) is 2.87. The Labute approximate surface area is 114 Å². The quantitative estimate of drug-likeness (QED) is 0.863. The normalized spacial score (nSPS) is 10.2. The van der Waals surface area contributed by atoms with Crippen molar-refractivity contribution in [3.63, 3.8) is 0 Å². The van der Waals surface area contributed by atoms with Crippen LogP contribution in [0, 0.1) is 0 Å². The predicted octanol–water partition coefficient (Wildman–Crippen LogP) is 2.99. The first-order valence-corrected chi connectivity index (χ1v) is 6.31. The van der Waals surface area contributed by atoms with E-state index < -0.39 is 0 Å². The number of hydrogen-bond acceptors (Lipinski definition) is 3. The number of ether oxygens (including phenoxy) is 2. The number of methoxy groups -OCH3 is 1. The van der Waals surface area contributed by atoms with Crippen molar-refractivity contribution in [2.45, 2.75) is 13.2 Å². The lowest BCUT2D eigenvalue weighted by molar-refractivity contribution is 0.301. The van der Waals surface area contributed by atoms with Crippen LogP contribution in [0.25, 0.3) is 0 Å². The van der Waals surface area contributed by atoms with E-state index in [0.717, 1.165) is 29.2 Å². The van der Waals surface area contributed by atoms with E-state index in [9.17, 15) is 0 Å². The van der Waals surface area contributed by atoms with Gasteiger partial charge < -0.3 is 14.8 Å². The third kappa shape index (κ3) is 3.73. The average Bonchev–Trinajstić information content (AvgIpc) is 2.47. The fraction of sp³-hybridized carbons (Fsp3) is 0.250.